The van der Waals surface area contributed by atoms with Gasteiger partial charge in [-0.25, -0.2) is 0 Å². The molecule has 0 bridgehead atoms. The molecule has 1 heterocycles. The molecular weight excluding hydrogens is 989 g/mol. The molecule has 0 saturated heterocycles. The van der Waals surface area contributed by atoms with E-state index in [-0.39, 0.29) is 16.2 Å². The first-order chi connectivity index (χ1) is 39.8. The maximum atomic E-state index is 2.46. The molecule has 82 heavy (non-hydrogen) atoms. The van der Waals surface area contributed by atoms with E-state index < -0.39 is 0 Å². The molecule has 396 valence electrons. The Balaban J connectivity index is 0.915. The lowest BCUT2D eigenvalue weighted by atomic mass is 9.74. The van der Waals surface area contributed by atoms with E-state index >= 15 is 0 Å². The third-order valence-corrected chi connectivity index (χ3v) is 17.6. The van der Waals surface area contributed by atoms with Crippen LogP contribution in [0.5, 0.6) is 0 Å². The molecule has 0 amide bonds. The van der Waals surface area contributed by atoms with Crippen LogP contribution >= 0.6 is 0 Å². The molecule has 0 radical (unpaired) electrons. The number of rotatable bonds is 9. The van der Waals surface area contributed by atoms with Crippen LogP contribution in [0.4, 0.5) is 17.1 Å². The topological polar surface area (TPSA) is 8.17 Å². The maximum absolute atomic E-state index is 2.46. The molecule has 2 heteroatoms. The maximum Gasteiger partial charge on any atom is 0.0541 e. The molecule has 1 aliphatic carbocycles. The lowest BCUT2D eigenvalue weighted by Gasteiger charge is -2.29. The monoisotopic (exact) mass is 1050 g/mol. The number of fused-ring (bicyclic) bond motifs is 7. The Bertz CT molecular complexity index is 4530. The molecule has 1 atom stereocenters. The van der Waals surface area contributed by atoms with Gasteiger partial charge >= 0.3 is 0 Å². The molecule has 1 unspecified atom stereocenters. The quantitative estimate of drug-likeness (QED) is 0.140. The smallest absolute Gasteiger partial charge is 0.0541 e. The van der Waals surface area contributed by atoms with E-state index in [4.69, 9.17) is 0 Å². The van der Waals surface area contributed by atoms with E-state index in [2.05, 4.69) is 331 Å². The number of anilines is 3. The Hall–Kier alpha value is -9.50. The fraction of sp³-hybridized carbons (Fsp3) is 0.125. The van der Waals surface area contributed by atoms with E-state index in [1.807, 2.05) is 0 Å². The van der Waals surface area contributed by atoms with Gasteiger partial charge in [-0.3, -0.25) is 0 Å². The minimum atomic E-state index is -0.283. The van der Waals surface area contributed by atoms with E-state index in [1.54, 1.807) is 0 Å². The average molecular weight is 1060 g/mol. The fourth-order valence-electron chi connectivity index (χ4n) is 13.1. The van der Waals surface area contributed by atoms with Crippen molar-refractivity contribution in [2.24, 2.45) is 0 Å². The second-order valence-corrected chi connectivity index (χ2v) is 24.7. The highest BCUT2D eigenvalue weighted by atomic mass is 15.1. The van der Waals surface area contributed by atoms with Crippen LogP contribution in [0.1, 0.15) is 76.3 Å². The second kappa shape index (κ2) is 19.6. The van der Waals surface area contributed by atoms with E-state index in [9.17, 15) is 0 Å². The van der Waals surface area contributed by atoms with E-state index in [0.717, 1.165) is 33.9 Å². The first-order valence-electron chi connectivity index (χ1n) is 29.0. The van der Waals surface area contributed by atoms with Crippen LogP contribution in [-0.2, 0) is 16.2 Å². The van der Waals surface area contributed by atoms with Crippen molar-refractivity contribution >= 4 is 49.6 Å². The van der Waals surface area contributed by atoms with Gasteiger partial charge in [0.25, 0.3) is 0 Å². The third-order valence-electron chi connectivity index (χ3n) is 17.6. The summed E-state index contributed by atoms with van der Waals surface area (Å²) in [4.78, 5) is 2.46. The molecule has 12 aromatic carbocycles. The number of hydrogen-bond donors (Lipinski definition) is 0. The summed E-state index contributed by atoms with van der Waals surface area (Å²) >= 11 is 0. The summed E-state index contributed by atoms with van der Waals surface area (Å²) in [5, 5.41) is 4.95. The summed E-state index contributed by atoms with van der Waals surface area (Å²) in [6, 6.07) is 102. The van der Waals surface area contributed by atoms with Gasteiger partial charge in [0.15, 0.2) is 0 Å². The van der Waals surface area contributed by atoms with Gasteiger partial charge in [-0.1, -0.05) is 248 Å². The van der Waals surface area contributed by atoms with Crippen LogP contribution in [0.3, 0.4) is 0 Å². The van der Waals surface area contributed by atoms with Gasteiger partial charge in [-0.05, 0) is 173 Å². The van der Waals surface area contributed by atoms with Gasteiger partial charge in [0.2, 0.25) is 0 Å². The zero-order chi connectivity index (χ0) is 55.9. The summed E-state index contributed by atoms with van der Waals surface area (Å²) in [7, 11) is 0. The molecule has 1 aliphatic rings. The van der Waals surface area contributed by atoms with Crippen molar-refractivity contribution < 1.29 is 0 Å². The Morgan fingerprint density at radius 1 is 0.341 bits per heavy atom. The molecule has 1 aromatic heterocycles. The number of nitrogens with zero attached hydrogens (tertiary/aromatic N) is 2. The molecule has 0 N–H and O–H groups in total. The predicted molar refractivity (Wildman–Crippen MR) is 350 cm³/mol. The lowest BCUT2D eigenvalue weighted by molar-refractivity contribution is 0.569. The summed E-state index contributed by atoms with van der Waals surface area (Å²) in [6.07, 6.45) is 0. The van der Waals surface area contributed by atoms with Crippen LogP contribution in [0, 0.1) is 0 Å². The summed E-state index contributed by atoms with van der Waals surface area (Å²) in [5.41, 5.74) is 25.4. The zero-order valence-corrected chi connectivity index (χ0v) is 47.9. The molecule has 13 aromatic rings. The SMILES string of the molecule is CC(C)(C)c1cc(-c2cccc3cccc(-c4ccccc4N(c4ccc(-c5ccc6c(c5)C(C)(c5ccccc5)c5ccccc5-6)cc4)c4ccc(-c5ccc6c(c5)c5ccccc5n6-c5ccccc5)cc4)c23)cc(C(C)(C)C)c1. The highest BCUT2D eigenvalue weighted by molar-refractivity contribution is 6.11. The Morgan fingerprint density at radius 2 is 0.854 bits per heavy atom. The van der Waals surface area contributed by atoms with Crippen molar-refractivity contribution in [1.29, 1.82) is 0 Å². The van der Waals surface area contributed by atoms with Gasteiger partial charge in [0.1, 0.15) is 0 Å². The Kier molecular flexibility index (Phi) is 12.1. The van der Waals surface area contributed by atoms with Gasteiger partial charge in [0.05, 0.1) is 16.7 Å². The number of hydrogen-bond acceptors (Lipinski definition) is 1. The Labute approximate surface area is 483 Å². The lowest BCUT2D eigenvalue weighted by Crippen LogP contribution is -2.22. The van der Waals surface area contributed by atoms with Crippen molar-refractivity contribution in [3.8, 4) is 61.3 Å². The van der Waals surface area contributed by atoms with Gasteiger partial charge in [-0.15, -0.1) is 0 Å². The second-order valence-electron chi connectivity index (χ2n) is 24.7. The van der Waals surface area contributed by atoms with E-state index in [1.165, 1.54) is 105 Å². The Morgan fingerprint density at radius 3 is 1.52 bits per heavy atom. The molecule has 0 spiro atoms. The summed E-state index contributed by atoms with van der Waals surface area (Å²) in [5.74, 6) is 0. The molecular formula is C80H66N2. The molecule has 0 saturated carbocycles. The van der Waals surface area contributed by atoms with E-state index in [0.29, 0.717) is 0 Å². The van der Waals surface area contributed by atoms with Crippen LogP contribution in [0.15, 0.2) is 273 Å². The van der Waals surface area contributed by atoms with Crippen LogP contribution in [0.25, 0.3) is 93.9 Å². The first-order valence-corrected chi connectivity index (χ1v) is 29.0. The highest BCUT2D eigenvalue weighted by Crippen LogP contribution is 2.54. The predicted octanol–water partition coefficient (Wildman–Crippen LogP) is 22.0. The van der Waals surface area contributed by atoms with Gasteiger partial charge in [-0.2, -0.15) is 0 Å². The number of para-hydroxylation sites is 3. The van der Waals surface area contributed by atoms with Crippen molar-refractivity contribution in [3.05, 3.63) is 301 Å². The highest BCUT2D eigenvalue weighted by Gasteiger charge is 2.40. The minimum absolute atomic E-state index is 0.0215. The normalized spacial score (nSPS) is 14.1. The third kappa shape index (κ3) is 8.56. The molecule has 14 rings (SSSR count). The van der Waals surface area contributed by atoms with Crippen LogP contribution in [0.2, 0.25) is 0 Å². The standard InChI is InChI=1S/C80H66N2/c1-78(2,3)60-48-58(49-61(52-60)79(4,5)6)65-31-20-22-55-23-21-32-70(77(55)65)68-29-15-18-34-74(68)81(63-42-36-53(37-43-63)56-41-47-76-71(50-56)69-30-16-19-35-75(69)82(76)62-26-12-9-13-27-62)64-44-38-54(39-45-64)57-40-46-67-66-28-14-17-33-72(66)80(7,73(67)51-57)59-24-10-8-11-25-59/h8-52H,1-7H3. The zero-order valence-electron chi connectivity index (χ0n) is 47.9. The molecule has 2 nitrogen and oxygen atoms in total. The van der Waals surface area contributed by atoms with Gasteiger partial charge in [0, 0.05) is 38.8 Å². The van der Waals surface area contributed by atoms with Crippen LogP contribution in [-0.4, -0.2) is 4.57 Å². The molecule has 0 aliphatic heterocycles. The summed E-state index contributed by atoms with van der Waals surface area (Å²) < 4.78 is 2.38. The van der Waals surface area contributed by atoms with Gasteiger partial charge < -0.3 is 9.47 Å². The largest absolute Gasteiger partial charge is 0.310 e. The van der Waals surface area contributed by atoms with Crippen molar-refractivity contribution in [1.82, 2.24) is 4.57 Å². The number of aromatic nitrogens is 1. The van der Waals surface area contributed by atoms with Crippen LogP contribution < -0.4 is 4.90 Å². The number of benzene rings is 12. The van der Waals surface area contributed by atoms with Crippen molar-refractivity contribution in [2.45, 2.75) is 64.7 Å². The fourth-order valence-corrected chi connectivity index (χ4v) is 13.1. The average Bonchev–Trinajstić information content (AvgIpc) is 4.20. The van der Waals surface area contributed by atoms with Crippen molar-refractivity contribution in [3.63, 3.8) is 0 Å². The minimum Gasteiger partial charge on any atom is -0.310 e. The first kappa shape index (κ1) is 50.7. The van der Waals surface area contributed by atoms with Crippen molar-refractivity contribution in [2.75, 3.05) is 4.90 Å². The summed E-state index contributed by atoms with van der Waals surface area (Å²) in [6.45, 7) is 16.4. The molecule has 0 fully saturated rings.